The van der Waals surface area contributed by atoms with E-state index in [0.717, 1.165) is 48.7 Å². The van der Waals surface area contributed by atoms with Crippen LogP contribution in [0.25, 0.3) is 0 Å². The molecule has 1 fully saturated rings. The summed E-state index contributed by atoms with van der Waals surface area (Å²) in [6.07, 6.45) is 1.81. The average Bonchev–Trinajstić information content (AvgIpc) is 3.05. The van der Waals surface area contributed by atoms with Crippen molar-refractivity contribution < 1.29 is 19.5 Å². The van der Waals surface area contributed by atoms with E-state index in [2.05, 4.69) is 9.88 Å². The molecule has 0 amide bonds. The Kier molecular flexibility index (Phi) is 5.81. The molecule has 2 aliphatic rings. The van der Waals surface area contributed by atoms with Crippen LogP contribution in [0.4, 0.5) is 5.82 Å². The minimum absolute atomic E-state index is 0.0341. The number of benzene rings is 1. The molecule has 1 aromatic heterocycles. The predicted molar refractivity (Wildman–Crippen MR) is 111 cm³/mol. The van der Waals surface area contributed by atoms with Crippen LogP contribution in [0.5, 0.6) is 11.5 Å². The molecule has 1 N–H and O–H groups in total. The maximum absolute atomic E-state index is 11.1. The minimum atomic E-state index is -0.763. The fourth-order valence-electron chi connectivity index (χ4n) is 4.13. The number of likely N-dealkylation sites (tertiary alicyclic amines) is 1. The Morgan fingerprint density at radius 2 is 2.13 bits per heavy atom. The van der Waals surface area contributed by atoms with Gasteiger partial charge < -0.3 is 29.6 Å². The number of aliphatic hydroxyl groups is 1. The van der Waals surface area contributed by atoms with Gasteiger partial charge in [0, 0.05) is 50.8 Å². The summed E-state index contributed by atoms with van der Waals surface area (Å²) in [7, 11) is 0. The first-order valence-corrected chi connectivity index (χ1v) is 10.3. The second-order valence-electron chi connectivity index (χ2n) is 8.01. The molecule has 1 atom stereocenters. The van der Waals surface area contributed by atoms with Gasteiger partial charge in [-0.2, -0.15) is 0 Å². The summed E-state index contributed by atoms with van der Waals surface area (Å²) in [6.45, 7) is 3.67. The lowest BCUT2D eigenvalue weighted by atomic mass is 9.87. The third-order valence-corrected chi connectivity index (χ3v) is 5.92. The van der Waals surface area contributed by atoms with E-state index in [0.29, 0.717) is 12.2 Å². The molecule has 30 heavy (non-hydrogen) atoms. The summed E-state index contributed by atoms with van der Waals surface area (Å²) in [4.78, 5) is 16.6. The maximum atomic E-state index is 11.1. The Bertz CT molecular complexity index is 946. The molecule has 3 heterocycles. The molecule has 0 aliphatic carbocycles. The molecule has 2 aromatic rings. The van der Waals surface area contributed by atoms with Crippen molar-refractivity contribution in [3.8, 4) is 11.5 Å². The smallest absolute Gasteiger partial charge is 0.406 e. The van der Waals surface area contributed by atoms with Gasteiger partial charge in [0.15, 0.2) is 0 Å². The Balaban J connectivity index is 1.27. The van der Waals surface area contributed by atoms with E-state index in [1.807, 2.05) is 18.2 Å². The van der Waals surface area contributed by atoms with Crippen LogP contribution in [-0.4, -0.2) is 57.9 Å². The number of aryl methyl sites for hydroxylation is 1. The van der Waals surface area contributed by atoms with E-state index < -0.39 is 11.0 Å². The van der Waals surface area contributed by atoms with Crippen LogP contribution in [-0.2, 0) is 6.42 Å². The summed E-state index contributed by atoms with van der Waals surface area (Å²) in [5.41, 5.74) is 1.49. The van der Waals surface area contributed by atoms with Crippen LogP contribution in [0.3, 0.4) is 0 Å². The molecule has 0 unspecified atom stereocenters. The van der Waals surface area contributed by atoms with Crippen molar-refractivity contribution in [3.05, 3.63) is 56.7 Å². The highest BCUT2D eigenvalue weighted by atomic mass is 35.5. The normalized spacial score (nSPS) is 18.6. The number of halogens is 1. The number of ether oxygens (including phenoxy) is 2. The molecule has 1 saturated heterocycles. The van der Waals surface area contributed by atoms with Gasteiger partial charge in [0.2, 0.25) is 5.75 Å². The molecule has 160 valence electrons. The van der Waals surface area contributed by atoms with Crippen molar-refractivity contribution in [2.45, 2.75) is 37.9 Å². The molecule has 2 aliphatic heterocycles. The number of aromatic nitrogens is 1. The molecule has 1 spiro atoms. The monoisotopic (exact) mass is 433 g/mol. The van der Waals surface area contributed by atoms with Crippen LogP contribution >= 0.6 is 11.6 Å². The highest BCUT2D eigenvalue weighted by Gasteiger charge is 2.42. The molecular weight excluding hydrogens is 410 g/mol. The van der Waals surface area contributed by atoms with Gasteiger partial charge in [-0.1, -0.05) is 11.6 Å². The van der Waals surface area contributed by atoms with Crippen LogP contribution in [0.15, 0.2) is 30.3 Å². The topological polar surface area (TPSA) is 98.0 Å². The second kappa shape index (κ2) is 8.37. The predicted octanol–water partition coefficient (Wildman–Crippen LogP) is 3.16. The standard InChI is InChI=1S/C21H24ClN3O5/c1-14-2-4-19(20(23-14)25(27)28)29-13-17(26)12-24-8-6-21(7-9-24)11-15-10-16(22)3-5-18(15)30-21/h2-5,10,17,26H,6-9,11-13H2,1H3/t17-/m0/s1. The van der Waals surface area contributed by atoms with Crippen molar-refractivity contribution in [1.29, 1.82) is 0 Å². The molecule has 8 nitrogen and oxygen atoms in total. The number of rotatable bonds is 6. The SMILES string of the molecule is Cc1ccc(OC[C@@H](O)CN2CCC3(CC2)Cc2cc(Cl)ccc2O3)c([N+](=O)[O-])n1. The summed E-state index contributed by atoms with van der Waals surface area (Å²) in [5.74, 6) is 0.646. The average molecular weight is 434 g/mol. The number of β-amino-alcohol motifs (C(OH)–C–C–N with tert-alkyl or cyclic N) is 1. The van der Waals surface area contributed by atoms with Gasteiger partial charge in [-0.05, 0) is 45.8 Å². The molecule has 0 radical (unpaired) electrons. The summed E-state index contributed by atoms with van der Waals surface area (Å²) >= 11 is 6.10. The lowest BCUT2D eigenvalue weighted by molar-refractivity contribution is -0.390. The van der Waals surface area contributed by atoms with Crippen molar-refractivity contribution in [3.63, 3.8) is 0 Å². The Morgan fingerprint density at radius 1 is 1.37 bits per heavy atom. The van der Waals surface area contributed by atoms with Crippen LogP contribution in [0.2, 0.25) is 5.02 Å². The van der Waals surface area contributed by atoms with Gasteiger partial charge >= 0.3 is 5.82 Å². The number of pyridine rings is 1. The maximum Gasteiger partial charge on any atom is 0.406 e. The highest BCUT2D eigenvalue weighted by molar-refractivity contribution is 6.30. The zero-order valence-corrected chi connectivity index (χ0v) is 17.5. The number of hydrogen-bond acceptors (Lipinski definition) is 7. The molecule has 9 heteroatoms. The zero-order chi connectivity index (χ0) is 21.3. The molecular formula is C21H24ClN3O5. The summed E-state index contributed by atoms with van der Waals surface area (Å²) in [5, 5.41) is 22.2. The van der Waals surface area contributed by atoms with Crippen molar-refractivity contribution >= 4 is 17.4 Å². The van der Waals surface area contributed by atoms with Crippen molar-refractivity contribution in [2.75, 3.05) is 26.2 Å². The first kappa shape index (κ1) is 20.8. The third kappa shape index (κ3) is 4.50. The number of piperidine rings is 1. The lowest BCUT2D eigenvalue weighted by Gasteiger charge is -2.39. The Labute approximate surface area is 179 Å². The van der Waals surface area contributed by atoms with Crippen LogP contribution < -0.4 is 9.47 Å². The number of fused-ring (bicyclic) bond motifs is 1. The number of nitrogens with zero attached hydrogens (tertiary/aromatic N) is 3. The third-order valence-electron chi connectivity index (χ3n) is 5.68. The van der Waals surface area contributed by atoms with Crippen LogP contribution in [0, 0.1) is 17.0 Å². The second-order valence-corrected chi connectivity index (χ2v) is 8.45. The lowest BCUT2D eigenvalue weighted by Crippen LogP contribution is -2.49. The van der Waals surface area contributed by atoms with Gasteiger partial charge in [-0.15, -0.1) is 0 Å². The van der Waals surface area contributed by atoms with Crippen molar-refractivity contribution in [1.82, 2.24) is 9.88 Å². The molecule has 0 bridgehead atoms. The van der Waals surface area contributed by atoms with Crippen molar-refractivity contribution in [2.24, 2.45) is 0 Å². The zero-order valence-electron chi connectivity index (χ0n) is 16.7. The summed E-state index contributed by atoms with van der Waals surface area (Å²) in [6, 6.07) is 8.90. The summed E-state index contributed by atoms with van der Waals surface area (Å²) < 4.78 is 11.7. The first-order chi connectivity index (χ1) is 14.3. The van der Waals surface area contributed by atoms with E-state index in [1.54, 1.807) is 13.0 Å². The number of hydrogen-bond donors (Lipinski definition) is 1. The van der Waals surface area contributed by atoms with Gasteiger partial charge in [-0.3, -0.25) is 0 Å². The first-order valence-electron chi connectivity index (χ1n) is 9.96. The van der Waals surface area contributed by atoms with Gasteiger partial charge in [-0.25, -0.2) is 0 Å². The minimum Gasteiger partial charge on any atom is -0.487 e. The number of nitro groups is 1. The van der Waals surface area contributed by atoms with Crippen LogP contribution in [0.1, 0.15) is 24.1 Å². The number of aliphatic hydroxyl groups excluding tert-OH is 1. The fraction of sp³-hybridized carbons (Fsp3) is 0.476. The largest absolute Gasteiger partial charge is 0.487 e. The highest BCUT2D eigenvalue weighted by Crippen LogP contribution is 2.41. The fourth-order valence-corrected chi connectivity index (χ4v) is 4.33. The Morgan fingerprint density at radius 3 is 2.87 bits per heavy atom. The molecule has 4 rings (SSSR count). The van der Waals surface area contributed by atoms with Gasteiger partial charge in [0.05, 0.1) is 0 Å². The van der Waals surface area contributed by atoms with E-state index in [4.69, 9.17) is 21.1 Å². The van der Waals surface area contributed by atoms with E-state index >= 15 is 0 Å². The quantitative estimate of drug-likeness (QED) is 0.551. The van der Waals surface area contributed by atoms with E-state index in [-0.39, 0.29) is 23.8 Å². The Hall–Kier alpha value is -2.42. The van der Waals surface area contributed by atoms with Gasteiger partial charge in [0.1, 0.15) is 29.8 Å². The molecule has 0 saturated carbocycles. The molecule has 1 aromatic carbocycles. The van der Waals surface area contributed by atoms with Gasteiger partial charge in [0.25, 0.3) is 0 Å². The van der Waals surface area contributed by atoms with E-state index in [9.17, 15) is 15.2 Å². The van der Waals surface area contributed by atoms with E-state index in [1.165, 1.54) is 6.07 Å².